The lowest BCUT2D eigenvalue weighted by Gasteiger charge is -2.04. The van der Waals surface area contributed by atoms with Crippen molar-refractivity contribution in [2.45, 2.75) is 4.90 Å². The molecule has 0 unspecified atom stereocenters. The standard InChI is InChI=1S/C13H9BrN2O2S2/c14-9-4-3-5-10(8-9)20(17,18)16-13-15-11-6-1-2-7-12(11)19-13/h1-8H,(H,15,16). The van der Waals surface area contributed by atoms with Crippen LogP contribution in [0.15, 0.2) is 57.9 Å². The van der Waals surface area contributed by atoms with Crippen LogP contribution in [0.3, 0.4) is 0 Å². The molecule has 0 aliphatic rings. The number of benzene rings is 2. The summed E-state index contributed by atoms with van der Waals surface area (Å²) in [7, 11) is -3.62. The molecule has 1 heterocycles. The molecule has 4 nitrogen and oxygen atoms in total. The molecule has 0 bridgehead atoms. The summed E-state index contributed by atoms with van der Waals surface area (Å²) in [6, 6.07) is 14.1. The van der Waals surface area contributed by atoms with E-state index in [9.17, 15) is 8.42 Å². The molecular formula is C13H9BrN2O2S2. The van der Waals surface area contributed by atoms with Crippen molar-refractivity contribution in [2.75, 3.05) is 4.72 Å². The Morgan fingerprint density at radius 1 is 1.10 bits per heavy atom. The molecule has 7 heteroatoms. The molecule has 3 aromatic rings. The van der Waals surface area contributed by atoms with E-state index in [0.717, 1.165) is 10.2 Å². The fourth-order valence-corrected chi connectivity index (χ4v) is 4.42. The Labute approximate surface area is 128 Å². The van der Waals surface area contributed by atoms with Crippen LogP contribution in [-0.2, 0) is 10.0 Å². The zero-order chi connectivity index (χ0) is 14.2. The van der Waals surface area contributed by atoms with Gasteiger partial charge >= 0.3 is 0 Å². The molecule has 20 heavy (non-hydrogen) atoms. The number of nitrogens with one attached hydrogen (secondary N) is 1. The summed E-state index contributed by atoms with van der Waals surface area (Å²) in [5.74, 6) is 0. The summed E-state index contributed by atoms with van der Waals surface area (Å²) in [5.41, 5.74) is 0.782. The number of hydrogen-bond donors (Lipinski definition) is 1. The second kappa shape index (κ2) is 5.16. The third kappa shape index (κ3) is 2.70. The van der Waals surface area contributed by atoms with Crippen molar-refractivity contribution in [3.8, 4) is 0 Å². The van der Waals surface area contributed by atoms with Crippen LogP contribution in [-0.4, -0.2) is 13.4 Å². The van der Waals surface area contributed by atoms with Crippen LogP contribution in [0.1, 0.15) is 0 Å². The van der Waals surface area contributed by atoms with E-state index in [1.54, 1.807) is 24.3 Å². The van der Waals surface area contributed by atoms with Gasteiger partial charge in [-0.1, -0.05) is 45.5 Å². The van der Waals surface area contributed by atoms with Crippen LogP contribution in [0.2, 0.25) is 0 Å². The third-order valence-electron chi connectivity index (χ3n) is 2.62. The van der Waals surface area contributed by atoms with Crippen molar-refractivity contribution in [3.05, 3.63) is 53.0 Å². The highest BCUT2D eigenvalue weighted by Crippen LogP contribution is 2.27. The fourth-order valence-electron chi connectivity index (χ4n) is 1.72. The van der Waals surface area contributed by atoms with E-state index in [0.29, 0.717) is 9.60 Å². The Morgan fingerprint density at radius 3 is 2.65 bits per heavy atom. The van der Waals surface area contributed by atoms with Gasteiger partial charge in [0.15, 0.2) is 5.13 Å². The monoisotopic (exact) mass is 368 g/mol. The van der Waals surface area contributed by atoms with Crippen LogP contribution in [0.25, 0.3) is 10.2 Å². The molecule has 3 rings (SSSR count). The number of aromatic nitrogens is 1. The first-order valence-corrected chi connectivity index (χ1v) is 8.78. The quantitative estimate of drug-likeness (QED) is 0.763. The highest BCUT2D eigenvalue weighted by atomic mass is 79.9. The molecule has 0 saturated carbocycles. The molecule has 0 radical (unpaired) electrons. The second-order valence-corrected chi connectivity index (χ2v) is 7.68. The maximum Gasteiger partial charge on any atom is 0.263 e. The first kappa shape index (κ1) is 13.5. The number of nitrogens with zero attached hydrogens (tertiary/aromatic N) is 1. The SMILES string of the molecule is O=S(=O)(Nc1nc2ccccc2s1)c1cccc(Br)c1. The summed E-state index contributed by atoms with van der Waals surface area (Å²) in [6.45, 7) is 0. The lowest BCUT2D eigenvalue weighted by atomic mass is 10.3. The summed E-state index contributed by atoms with van der Waals surface area (Å²) >= 11 is 4.57. The Bertz CT molecular complexity index is 842. The minimum absolute atomic E-state index is 0.200. The van der Waals surface area contributed by atoms with Gasteiger partial charge in [-0.25, -0.2) is 13.4 Å². The highest BCUT2D eigenvalue weighted by Gasteiger charge is 2.16. The number of anilines is 1. The predicted octanol–water partition coefficient (Wildman–Crippen LogP) is 3.86. The number of hydrogen-bond acceptors (Lipinski definition) is 4. The average molecular weight is 369 g/mol. The van der Waals surface area contributed by atoms with E-state index in [1.165, 1.54) is 11.3 Å². The molecule has 1 N–H and O–H groups in total. The van der Waals surface area contributed by atoms with E-state index in [1.807, 2.05) is 24.3 Å². The Morgan fingerprint density at radius 2 is 1.90 bits per heavy atom. The number of fused-ring (bicyclic) bond motifs is 1. The van der Waals surface area contributed by atoms with Crippen molar-refractivity contribution < 1.29 is 8.42 Å². The molecule has 0 aliphatic heterocycles. The maximum atomic E-state index is 12.3. The Kier molecular flexibility index (Phi) is 3.49. The third-order valence-corrected chi connectivity index (χ3v) is 5.53. The van der Waals surface area contributed by atoms with Gasteiger partial charge in [-0.15, -0.1) is 0 Å². The van der Waals surface area contributed by atoms with Crippen molar-refractivity contribution in [1.82, 2.24) is 4.98 Å². The topological polar surface area (TPSA) is 59.1 Å². The first-order valence-electron chi connectivity index (χ1n) is 5.68. The van der Waals surface area contributed by atoms with E-state index in [4.69, 9.17) is 0 Å². The smallest absolute Gasteiger partial charge is 0.255 e. The van der Waals surface area contributed by atoms with Crippen molar-refractivity contribution in [1.29, 1.82) is 0 Å². The summed E-state index contributed by atoms with van der Waals surface area (Å²) < 4.78 is 28.7. The zero-order valence-corrected chi connectivity index (χ0v) is 13.3. The Hall–Kier alpha value is -1.44. The Balaban J connectivity index is 1.97. The van der Waals surface area contributed by atoms with E-state index in [2.05, 4.69) is 25.6 Å². The van der Waals surface area contributed by atoms with Gasteiger partial charge in [0, 0.05) is 4.47 Å². The maximum absolute atomic E-state index is 12.3. The van der Waals surface area contributed by atoms with Crippen molar-refractivity contribution >= 4 is 52.6 Å². The molecule has 2 aromatic carbocycles. The van der Waals surface area contributed by atoms with Crippen LogP contribution < -0.4 is 4.72 Å². The molecule has 0 fully saturated rings. The molecule has 1 aromatic heterocycles. The minimum atomic E-state index is -3.62. The normalized spacial score (nSPS) is 11.7. The zero-order valence-electron chi connectivity index (χ0n) is 10.1. The van der Waals surface area contributed by atoms with Crippen LogP contribution >= 0.6 is 27.3 Å². The number of halogens is 1. The van der Waals surface area contributed by atoms with E-state index < -0.39 is 10.0 Å². The molecular weight excluding hydrogens is 360 g/mol. The van der Waals surface area contributed by atoms with Gasteiger partial charge in [-0.3, -0.25) is 4.72 Å². The highest BCUT2D eigenvalue weighted by molar-refractivity contribution is 9.10. The van der Waals surface area contributed by atoms with E-state index in [-0.39, 0.29) is 4.90 Å². The first-order chi connectivity index (χ1) is 9.54. The summed E-state index contributed by atoms with van der Waals surface area (Å²) in [6.07, 6.45) is 0. The number of para-hydroxylation sites is 1. The van der Waals surface area contributed by atoms with Gasteiger partial charge in [0.05, 0.1) is 15.1 Å². The number of sulfonamides is 1. The molecule has 0 spiro atoms. The lowest BCUT2D eigenvalue weighted by molar-refractivity contribution is 0.601. The lowest BCUT2D eigenvalue weighted by Crippen LogP contribution is -2.12. The van der Waals surface area contributed by atoms with E-state index >= 15 is 0 Å². The summed E-state index contributed by atoms with van der Waals surface area (Å²) in [4.78, 5) is 4.46. The number of thiazole rings is 1. The molecule has 0 atom stereocenters. The van der Waals surface area contributed by atoms with Crippen molar-refractivity contribution in [2.24, 2.45) is 0 Å². The van der Waals surface area contributed by atoms with Crippen LogP contribution in [0.4, 0.5) is 5.13 Å². The van der Waals surface area contributed by atoms with Crippen molar-refractivity contribution in [3.63, 3.8) is 0 Å². The summed E-state index contributed by atoms with van der Waals surface area (Å²) in [5, 5.41) is 0.367. The average Bonchev–Trinajstić information content (AvgIpc) is 2.80. The second-order valence-electron chi connectivity index (χ2n) is 4.05. The minimum Gasteiger partial charge on any atom is -0.255 e. The van der Waals surface area contributed by atoms with Crippen LogP contribution in [0.5, 0.6) is 0 Å². The van der Waals surface area contributed by atoms with Gasteiger partial charge in [0.1, 0.15) is 0 Å². The van der Waals surface area contributed by atoms with Crippen LogP contribution in [0, 0.1) is 0 Å². The van der Waals surface area contributed by atoms with Gasteiger partial charge < -0.3 is 0 Å². The fraction of sp³-hybridized carbons (Fsp3) is 0. The predicted molar refractivity (Wildman–Crippen MR) is 84.6 cm³/mol. The van der Waals surface area contributed by atoms with Gasteiger partial charge in [0.2, 0.25) is 0 Å². The molecule has 0 aliphatic carbocycles. The molecule has 0 saturated heterocycles. The van der Waals surface area contributed by atoms with Gasteiger partial charge in [-0.05, 0) is 30.3 Å². The largest absolute Gasteiger partial charge is 0.263 e. The number of rotatable bonds is 3. The van der Waals surface area contributed by atoms with Gasteiger partial charge in [-0.2, -0.15) is 0 Å². The molecule has 102 valence electrons. The molecule has 0 amide bonds. The van der Waals surface area contributed by atoms with Gasteiger partial charge in [0.25, 0.3) is 10.0 Å².